The summed E-state index contributed by atoms with van der Waals surface area (Å²) in [6.07, 6.45) is 0.865. The summed E-state index contributed by atoms with van der Waals surface area (Å²) in [4.78, 5) is 32.5. The molecule has 7 nitrogen and oxygen atoms in total. The third kappa shape index (κ3) is 4.79. The van der Waals surface area contributed by atoms with E-state index in [4.69, 9.17) is 0 Å². The molecule has 168 valence electrons. The van der Waals surface area contributed by atoms with Gasteiger partial charge in [-0.05, 0) is 50.0 Å². The van der Waals surface area contributed by atoms with Gasteiger partial charge in [0.2, 0.25) is 5.91 Å². The number of nitrogens with zero attached hydrogens (tertiary/aromatic N) is 3. The monoisotopic (exact) mass is 429 g/mol. The topological polar surface area (TPSA) is 79.3 Å². The molecule has 31 heavy (non-hydrogen) atoms. The fourth-order valence-corrected chi connectivity index (χ4v) is 3.93. The largest absolute Gasteiger partial charge is 0.357 e. The molecule has 3 rings (SSSR count). The van der Waals surface area contributed by atoms with Gasteiger partial charge in [0.15, 0.2) is 5.69 Å². The number of hydrogen-bond donors (Lipinski definition) is 2. The number of fused-ring (bicyclic) bond motifs is 1. The summed E-state index contributed by atoms with van der Waals surface area (Å²) in [6, 6.07) is 4.29. The number of hydrogen-bond acceptors (Lipinski definition) is 4. The highest BCUT2D eigenvalue weighted by Gasteiger charge is 2.34. The highest BCUT2D eigenvalue weighted by atomic mass is 19.1. The minimum atomic E-state index is -0.731. The molecule has 1 aromatic heterocycles. The molecule has 0 spiro atoms. The molecule has 1 aliphatic rings. The molecule has 1 unspecified atom stereocenters. The Morgan fingerprint density at radius 3 is 2.55 bits per heavy atom. The Hall–Kier alpha value is -2.74. The van der Waals surface area contributed by atoms with Crippen molar-refractivity contribution < 1.29 is 14.0 Å². The van der Waals surface area contributed by atoms with Crippen LogP contribution in [0.1, 0.15) is 48.9 Å². The zero-order chi connectivity index (χ0) is 22.9. The Morgan fingerprint density at radius 1 is 1.23 bits per heavy atom. The van der Waals surface area contributed by atoms with Crippen LogP contribution >= 0.6 is 0 Å². The molecule has 0 saturated carbocycles. The summed E-state index contributed by atoms with van der Waals surface area (Å²) < 4.78 is 16.7. The van der Waals surface area contributed by atoms with E-state index in [2.05, 4.69) is 20.5 Å². The Morgan fingerprint density at radius 2 is 1.94 bits per heavy atom. The first kappa shape index (κ1) is 22.9. The van der Waals surface area contributed by atoms with Gasteiger partial charge in [-0.15, -0.1) is 0 Å². The summed E-state index contributed by atoms with van der Waals surface area (Å²) in [6.45, 7) is 9.52. The maximum Gasteiger partial charge on any atom is 0.272 e. The van der Waals surface area contributed by atoms with Gasteiger partial charge in [-0.25, -0.2) is 9.37 Å². The smallest absolute Gasteiger partial charge is 0.272 e. The maximum atomic E-state index is 14.8. The second-order valence-electron chi connectivity index (χ2n) is 9.34. The lowest BCUT2D eigenvalue weighted by Crippen LogP contribution is -2.53. The third-order valence-corrected chi connectivity index (χ3v) is 5.64. The zero-order valence-electron chi connectivity index (χ0n) is 19.2. The van der Waals surface area contributed by atoms with E-state index >= 15 is 0 Å². The van der Waals surface area contributed by atoms with Crippen LogP contribution in [0, 0.1) is 18.2 Å². The Balaban J connectivity index is 2.08. The van der Waals surface area contributed by atoms with Crippen molar-refractivity contribution in [1.29, 1.82) is 0 Å². The Kier molecular flexibility index (Phi) is 6.50. The van der Waals surface area contributed by atoms with Gasteiger partial charge in [-0.2, -0.15) is 0 Å². The van der Waals surface area contributed by atoms with Crippen LogP contribution in [0.5, 0.6) is 0 Å². The second kappa shape index (κ2) is 8.78. The Bertz CT molecular complexity index is 993. The van der Waals surface area contributed by atoms with Gasteiger partial charge in [-0.1, -0.05) is 26.8 Å². The quantitative estimate of drug-likeness (QED) is 0.783. The number of aromatic nitrogens is 2. The fraction of sp³-hybridized carbons (Fsp3) is 0.522. The minimum absolute atomic E-state index is 0.238. The van der Waals surface area contributed by atoms with E-state index in [9.17, 15) is 14.0 Å². The lowest BCUT2D eigenvalue weighted by Gasteiger charge is -2.29. The van der Waals surface area contributed by atoms with Crippen molar-refractivity contribution in [2.75, 3.05) is 20.6 Å². The van der Waals surface area contributed by atoms with Crippen LogP contribution in [-0.2, 0) is 17.9 Å². The molecule has 2 aromatic rings. The molecule has 1 aromatic carbocycles. The predicted molar refractivity (Wildman–Crippen MR) is 118 cm³/mol. The Labute approximate surface area is 183 Å². The van der Waals surface area contributed by atoms with Crippen molar-refractivity contribution in [3.8, 4) is 11.4 Å². The van der Waals surface area contributed by atoms with E-state index in [0.29, 0.717) is 24.5 Å². The first-order chi connectivity index (χ1) is 14.5. The molecule has 0 fully saturated rings. The van der Waals surface area contributed by atoms with Crippen molar-refractivity contribution in [3.63, 3.8) is 0 Å². The van der Waals surface area contributed by atoms with Gasteiger partial charge in [0, 0.05) is 20.1 Å². The summed E-state index contributed by atoms with van der Waals surface area (Å²) in [7, 11) is 3.53. The van der Waals surface area contributed by atoms with Gasteiger partial charge >= 0.3 is 0 Å². The predicted octanol–water partition coefficient (Wildman–Crippen LogP) is 2.72. The molecule has 0 radical (unpaired) electrons. The van der Waals surface area contributed by atoms with Gasteiger partial charge in [0.05, 0.1) is 11.3 Å². The molecule has 2 N–H and O–H groups in total. The van der Waals surface area contributed by atoms with Gasteiger partial charge in [0.1, 0.15) is 17.7 Å². The highest BCUT2D eigenvalue weighted by molar-refractivity contribution is 5.97. The lowest BCUT2D eigenvalue weighted by atomic mass is 9.86. The molecule has 2 amide bonds. The molecule has 0 bridgehead atoms. The first-order valence-electron chi connectivity index (χ1n) is 10.6. The van der Waals surface area contributed by atoms with Crippen molar-refractivity contribution in [2.24, 2.45) is 5.41 Å². The normalized spacial score (nSPS) is 15.7. The molecule has 0 aliphatic carbocycles. The number of imidazole rings is 1. The maximum absolute atomic E-state index is 14.8. The van der Waals surface area contributed by atoms with Crippen LogP contribution < -0.4 is 10.6 Å². The van der Waals surface area contributed by atoms with Gasteiger partial charge in [-0.3, -0.25) is 9.59 Å². The molecular formula is C23H32FN5O2. The number of amides is 2. The number of nitrogens with one attached hydrogen (secondary N) is 2. The summed E-state index contributed by atoms with van der Waals surface area (Å²) in [5.41, 5.74) is 1.67. The van der Waals surface area contributed by atoms with E-state index in [1.165, 1.54) is 6.07 Å². The number of carbonyl (C=O) groups excluding carboxylic acids is 2. The highest BCUT2D eigenvalue weighted by Crippen LogP contribution is 2.29. The van der Waals surface area contributed by atoms with Crippen LogP contribution in [0.25, 0.3) is 11.4 Å². The van der Waals surface area contributed by atoms with E-state index < -0.39 is 17.4 Å². The van der Waals surface area contributed by atoms with E-state index in [1.54, 1.807) is 13.1 Å². The number of halogens is 1. The summed E-state index contributed by atoms with van der Waals surface area (Å²) in [5, 5.41) is 5.47. The van der Waals surface area contributed by atoms with E-state index in [0.717, 1.165) is 24.2 Å². The molecule has 1 aliphatic heterocycles. The second-order valence-corrected chi connectivity index (χ2v) is 9.34. The van der Waals surface area contributed by atoms with Crippen LogP contribution in [-0.4, -0.2) is 52.9 Å². The van der Waals surface area contributed by atoms with Gasteiger partial charge in [0.25, 0.3) is 5.91 Å². The SMILES string of the molecule is CNC(=O)C(NC(=O)c1nc(-c2ccc(C)cc2F)n2c1CN(C)CCC2)C(C)(C)C. The standard InChI is InChI=1S/C23H32FN5O2/c1-14-8-9-15(16(24)12-14)20-26-18(17-13-28(6)10-7-11-29(17)20)21(30)27-19(22(31)25-5)23(2,3)4/h8-9,12,19H,7,10-11,13H2,1-6H3,(H,25,31)(H,27,30). The molecule has 2 heterocycles. The zero-order valence-corrected chi connectivity index (χ0v) is 19.2. The average Bonchev–Trinajstić information content (AvgIpc) is 2.90. The third-order valence-electron chi connectivity index (χ3n) is 5.64. The summed E-state index contributed by atoms with van der Waals surface area (Å²) in [5.74, 6) is -0.620. The average molecular weight is 430 g/mol. The number of likely N-dealkylation sites (N-methyl/N-ethyl adjacent to an activating group) is 1. The molecular weight excluding hydrogens is 397 g/mol. The van der Waals surface area contributed by atoms with Crippen LogP contribution in [0.15, 0.2) is 18.2 Å². The number of rotatable bonds is 4. The summed E-state index contributed by atoms with van der Waals surface area (Å²) >= 11 is 0. The molecule has 1 atom stereocenters. The lowest BCUT2D eigenvalue weighted by molar-refractivity contribution is -0.124. The van der Waals surface area contributed by atoms with Crippen molar-refractivity contribution in [2.45, 2.75) is 53.2 Å². The van der Waals surface area contributed by atoms with Crippen LogP contribution in [0.2, 0.25) is 0 Å². The van der Waals surface area contributed by atoms with E-state index in [1.807, 2.05) is 45.4 Å². The fourth-order valence-electron chi connectivity index (χ4n) is 3.93. The number of aryl methyl sites for hydroxylation is 1. The van der Waals surface area contributed by atoms with Crippen molar-refractivity contribution in [1.82, 2.24) is 25.1 Å². The molecule has 8 heteroatoms. The number of benzene rings is 1. The van der Waals surface area contributed by atoms with Crippen LogP contribution in [0.4, 0.5) is 4.39 Å². The van der Waals surface area contributed by atoms with Crippen molar-refractivity contribution in [3.05, 3.63) is 41.0 Å². The van der Waals surface area contributed by atoms with Crippen LogP contribution in [0.3, 0.4) is 0 Å². The minimum Gasteiger partial charge on any atom is -0.357 e. The van der Waals surface area contributed by atoms with E-state index in [-0.39, 0.29) is 17.4 Å². The first-order valence-corrected chi connectivity index (χ1v) is 10.6. The number of carbonyl (C=O) groups is 2. The van der Waals surface area contributed by atoms with Crippen molar-refractivity contribution >= 4 is 11.8 Å². The van der Waals surface area contributed by atoms with Gasteiger partial charge < -0.3 is 20.1 Å². The molecule has 0 saturated heterocycles.